The van der Waals surface area contributed by atoms with E-state index in [9.17, 15) is 0 Å². The molecule has 0 saturated carbocycles. The van der Waals surface area contributed by atoms with Crippen LogP contribution in [0.3, 0.4) is 0 Å². The highest BCUT2D eigenvalue weighted by atomic mass is 127. The van der Waals surface area contributed by atoms with Crippen molar-refractivity contribution in [1.82, 2.24) is 15.5 Å². The minimum atomic E-state index is 0. The lowest BCUT2D eigenvalue weighted by Gasteiger charge is -2.43. The molecule has 0 bridgehead atoms. The van der Waals surface area contributed by atoms with Gasteiger partial charge in [-0.2, -0.15) is 0 Å². The van der Waals surface area contributed by atoms with Gasteiger partial charge in [-0.1, -0.05) is 0 Å². The molecule has 0 spiro atoms. The summed E-state index contributed by atoms with van der Waals surface area (Å²) in [6, 6.07) is 0. The van der Waals surface area contributed by atoms with Crippen molar-refractivity contribution in [2.24, 2.45) is 10.9 Å². The molecule has 7 nitrogen and oxygen atoms in total. The summed E-state index contributed by atoms with van der Waals surface area (Å²) in [6.45, 7) is 12.4. The molecule has 3 fully saturated rings. The van der Waals surface area contributed by atoms with Gasteiger partial charge < -0.3 is 24.8 Å². The van der Waals surface area contributed by atoms with E-state index in [-0.39, 0.29) is 29.5 Å². The molecule has 0 atom stereocenters. The zero-order valence-corrected chi connectivity index (χ0v) is 21.2. The molecule has 8 heteroatoms. The van der Waals surface area contributed by atoms with E-state index < -0.39 is 0 Å². The smallest absolute Gasteiger partial charge is 0.191 e. The predicted octanol–water partition coefficient (Wildman–Crippen LogP) is 2.64. The van der Waals surface area contributed by atoms with Crippen LogP contribution in [0.1, 0.15) is 51.9 Å². The Balaban J connectivity index is 0.00000320. The van der Waals surface area contributed by atoms with Crippen LogP contribution in [-0.4, -0.2) is 88.8 Å². The fourth-order valence-electron chi connectivity index (χ4n) is 4.63. The van der Waals surface area contributed by atoms with Crippen LogP contribution < -0.4 is 10.6 Å². The third-order valence-corrected chi connectivity index (χ3v) is 6.53. The first-order valence-corrected chi connectivity index (χ1v) is 11.8. The monoisotopic (exact) mass is 538 g/mol. The highest BCUT2D eigenvalue weighted by molar-refractivity contribution is 14.0. The van der Waals surface area contributed by atoms with Crippen LogP contribution in [-0.2, 0) is 14.2 Å². The zero-order chi connectivity index (χ0) is 20.2. The van der Waals surface area contributed by atoms with Gasteiger partial charge in [0.2, 0.25) is 0 Å². The van der Waals surface area contributed by atoms with Crippen LogP contribution >= 0.6 is 24.0 Å². The van der Waals surface area contributed by atoms with E-state index >= 15 is 0 Å². The van der Waals surface area contributed by atoms with Crippen LogP contribution in [0.25, 0.3) is 0 Å². The number of hydrogen-bond donors (Lipinski definition) is 2. The van der Waals surface area contributed by atoms with Crippen molar-refractivity contribution in [2.45, 2.75) is 57.4 Å². The van der Waals surface area contributed by atoms with Gasteiger partial charge in [0.05, 0.1) is 6.54 Å². The average molecular weight is 539 g/mol. The van der Waals surface area contributed by atoms with E-state index in [1.165, 1.54) is 25.9 Å². The van der Waals surface area contributed by atoms with Crippen LogP contribution in [0.15, 0.2) is 4.99 Å². The summed E-state index contributed by atoms with van der Waals surface area (Å²) in [7, 11) is 0. The number of ether oxygens (including phenoxy) is 3. The van der Waals surface area contributed by atoms with Crippen molar-refractivity contribution in [1.29, 1.82) is 0 Å². The van der Waals surface area contributed by atoms with Gasteiger partial charge in [-0.25, -0.2) is 0 Å². The second-order valence-electron chi connectivity index (χ2n) is 8.64. The van der Waals surface area contributed by atoms with Gasteiger partial charge in [0, 0.05) is 58.3 Å². The number of halogens is 1. The molecule has 0 aromatic carbocycles. The summed E-state index contributed by atoms with van der Waals surface area (Å²) < 4.78 is 16.9. The lowest BCUT2D eigenvalue weighted by molar-refractivity contribution is -0.0139. The molecule has 0 aromatic heterocycles. The standard InChI is InChI=1S/C22H42N4O3.HI/c1-2-23-21(24-10-5-13-29-18-20-6-14-27-15-7-20)25-19-22(8-16-28-17-9-22)26-11-3-4-12-26;/h20H,2-19H2,1H3,(H2,23,24,25);1H. The zero-order valence-electron chi connectivity index (χ0n) is 18.8. The molecule has 3 saturated heterocycles. The Labute approximate surface area is 200 Å². The molecule has 30 heavy (non-hydrogen) atoms. The molecule has 2 N–H and O–H groups in total. The molecule has 0 aliphatic carbocycles. The van der Waals surface area contributed by atoms with E-state index in [1.54, 1.807) is 0 Å². The fourth-order valence-corrected chi connectivity index (χ4v) is 4.63. The third kappa shape index (κ3) is 8.41. The Kier molecular flexibility index (Phi) is 12.9. The number of nitrogens with one attached hydrogen (secondary N) is 2. The van der Waals surface area contributed by atoms with E-state index in [1.807, 2.05) is 0 Å². The molecule has 3 rings (SSSR count). The number of likely N-dealkylation sites (tertiary alicyclic amines) is 1. The molecular weight excluding hydrogens is 495 g/mol. The molecule has 3 heterocycles. The quantitative estimate of drug-likeness (QED) is 0.193. The van der Waals surface area contributed by atoms with E-state index in [2.05, 4.69) is 22.5 Å². The first-order chi connectivity index (χ1) is 14.3. The summed E-state index contributed by atoms with van der Waals surface area (Å²) in [5, 5.41) is 6.90. The average Bonchev–Trinajstić information content (AvgIpc) is 3.31. The Morgan fingerprint density at radius 1 is 1.07 bits per heavy atom. The van der Waals surface area contributed by atoms with Gasteiger partial charge in [-0.3, -0.25) is 9.89 Å². The minimum absolute atomic E-state index is 0. The maximum absolute atomic E-state index is 5.88. The Morgan fingerprint density at radius 2 is 1.77 bits per heavy atom. The lowest BCUT2D eigenvalue weighted by Crippen LogP contribution is -2.54. The first kappa shape index (κ1) is 26.1. The largest absolute Gasteiger partial charge is 0.381 e. The van der Waals surface area contributed by atoms with Crippen molar-refractivity contribution in [3.63, 3.8) is 0 Å². The number of hydrogen-bond acceptors (Lipinski definition) is 5. The first-order valence-electron chi connectivity index (χ1n) is 11.8. The molecule has 3 aliphatic heterocycles. The lowest BCUT2D eigenvalue weighted by atomic mass is 9.88. The van der Waals surface area contributed by atoms with Crippen molar-refractivity contribution >= 4 is 29.9 Å². The van der Waals surface area contributed by atoms with Crippen molar-refractivity contribution in [2.75, 3.05) is 72.4 Å². The SMILES string of the molecule is CCNC(=NCC1(N2CCCC2)CCOCC1)NCCCOCC1CCOCC1.I. The van der Waals surface area contributed by atoms with Crippen LogP contribution in [0.5, 0.6) is 0 Å². The highest BCUT2D eigenvalue weighted by Gasteiger charge is 2.39. The maximum Gasteiger partial charge on any atom is 0.191 e. The van der Waals surface area contributed by atoms with Gasteiger partial charge in [0.1, 0.15) is 0 Å². The Hall–Kier alpha value is -0.160. The van der Waals surface area contributed by atoms with Crippen LogP contribution in [0.4, 0.5) is 0 Å². The molecule has 3 aliphatic rings. The minimum Gasteiger partial charge on any atom is -0.381 e. The molecule has 176 valence electrons. The van der Waals surface area contributed by atoms with E-state index in [0.29, 0.717) is 5.92 Å². The number of aliphatic imine (C=N–C) groups is 1. The summed E-state index contributed by atoms with van der Waals surface area (Å²) in [5.41, 5.74) is 0.184. The van der Waals surface area contributed by atoms with Crippen molar-refractivity contribution < 1.29 is 14.2 Å². The highest BCUT2D eigenvalue weighted by Crippen LogP contribution is 2.31. The molecule has 0 radical (unpaired) electrons. The van der Waals surface area contributed by atoms with E-state index in [0.717, 1.165) is 97.3 Å². The molecular formula is C22H43IN4O3. The second kappa shape index (κ2) is 14.8. The second-order valence-corrected chi connectivity index (χ2v) is 8.64. The van der Waals surface area contributed by atoms with E-state index in [4.69, 9.17) is 19.2 Å². The number of nitrogens with zero attached hydrogens (tertiary/aromatic N) is 2. The third-order valence-electron chi connectivity index (χ3n) is 6.53. The Bertz CT molecular complexity index is 477. The predicted molar refractivity (Wildman–Crippen MR) is 132 cm³/mol. The van der Waals surface area contributed by atoms with Crippen LogP contribution in [0, 0.1) is 5.92 Å². The Morgan fingerprint density at radius 3 is 2.47 bits per heavy atom. The number of rotatable bonds is 10. The molecule has 0 amide bonds. The summed E-state index contributed by atoms with van der Waals surface area (Å²) >= 11 is 0. The molecule has 0 unspecified atom stereocenters. The normalized spacial score (nSPS) is 23.2. The van der Waals surface area contributed by atoms with Gasteiger partial charge in [-0.05, 0) is 70.9 Å². The van der Waals surface area contributed by atoms with Gasteiger partial charge >= 0.3 is 0 Å². The van der Waals surface area contributed by atoms with Gasteiger partial charge in [-0.15, -0.1) is 24.0 Å². The van der Waals surface area contributed by atoms with Gasteiger partial charge in [0.25, 0.3) is 0 Å². The van der Waals surface area contributed by atoms with Gasteiger partial charge in [0.15, 0.2) is 5.96 Å². The summed E-state index contributed by atoms with van der Waals surface area (Å²) in [5.74, 6) is 1.61. The summed E-state index contributed by atoms with van der Waals surface area (Å²) in [6.07, 6.45) is 8.10. The topological polar surface area (TPSA) is 67.4 Å². The molecule has 0 aromatic rings. The maximum atomic E-state index is 5.88. The van der Waals surface area contributed by atoms with Crippen LogP contribution in [0.2, 0.25) is 0 Å². The van der Waals surface area contributed by atoms with Crippen molar-refractivity contribution in [3.05, 3.63) is 0 Å². The number of guanidine groups is 1. The fraction of sp³-hybridized carbons (Fsp3) is 0.955. The summed E-state index contributed by atoms with van der Waals surface area (Å²) in [4.78, 5) is 7.66. The van der Waals surface area contributed by atoms with Crippen molar-refractivity contribution in [3.8, 4) is 0 Å².